The molecule has 2 atom stereocenters. The van der Waals surface area contributed by atoms with E-state index in [4.69, 9.17) is 22.1 Å². The smallest absolute Gasteiger partial charge is 0.333 e. The number of fused-ring (bicyclic) bond motifs is 2. The van der Waals surface area contributed by atoms with Gasteiger partial charge in [0.25, 0.3) is 5.91 Å². The molecule has 44 heavy (non-hydrogen) atoms. The number of benzene rings is 2. The molecule has 4 N–H and O–H groups in total. The number of rotatable bonds is 8. The number of aromatic nitrogens is 3. The fraction of sp³-hybridized carbons (Fsp3) is 0.310. The van der Waals surface area contributed by atoms with E-state index in [1.807, 2.05) is 0 Å². The highest BCUT2D eigenvalue weighted by Crippen LogP contribution is 2.50. The van der Waals surface area contributed by atoms with Gasteiger partial charge in [0.2, 0.25) is 5.91 Å². The van der Waals surface area contributed by atoms with Crippen molar-refractivity contribution in [2.75, 3.05) is 13.2 Å². The van der Waals surface area contributed by atoms with Crippen LogP contribution in [0.1, 0.15) is 47.9 Å². The molecule has 9 nitrogen and oxygen atoms in total. The monoisotopic (exact) mass is 635 g/mol. The summed E-state index contributed by atoms with van der Waals surface area (Å²) in [5, 5.41) is 17.2. The zero-order valence-electron chi connectivity index (χ0n) is 22.8. The minimum absolute atomic E-state index is 0.00747. The lowest BCUT2D eigenvalue weighted by Gasteiger charge is -2.30. The Morgan fingerprint density at radius 3 is 2.61 bits per heavy atom. The van der Waals surface area contributed by atoms with Crippen LogP contribution in [0.3, 0.4) is 0 Å². The molecule has 1 aliphatic heterocycles. The highest BCUT2D eigenvalue weighted by molar-refractivity contribution is 6.31. The van der Waals surface area contributed by atoms with Crippen LogP contribution in [0.25, 0.3) is 22.2 Å². The quantitative estimate of drug-likeness (QED) is 0.190. The number of halogens is 6. The third-order valence-corrected chi connectivity index (χ3v) is 8.51. The first-order valence-corrected chi connectivity index (χ1v) is 13.7. The molecule has 0 spiro atoms. The summed E-state index contributed by atoms with van der Waals surface area (Å²) in [6, 6.07) is 5.43. The van der Waals surface area contributed by atoms with Gasteiger partial charge >= 0.3 is 6.55 Å². The van der Waals surface area contributed by atoms with E-state index >= 15 is 4.39 Å². The number of nitrogens with one attached hydrogen (secondary N) is 1. The van der Waals surface area contributed by atoms with E-state index in [0.29, 0.717) is 12.8 Å². The van der Waals surface area contributed by atoms with Gasteiger partial charge in [-0.3, -0.25) is 9.59 Å². The maximum absolute atomic E-state index is 15.2. The normalized spacial score (nSPS) is 19.1. The van der Waals surface area contributed by atoms with Crippen molar-refractivity contribution in [3.8, 4) is 17.0 Å². The van der Waals surface area contributed by atoms with Crippen LogP contribution in [0.2, 0.25) is 5.02 Å². The summed E-state index contributed by atoms with van der Waals surface area (Å²) < 4.78 is 76.0. The molecule has 2 aromatic heterocycles. The first-order chi connectivity index (χ1) is 20.7. The SMILES string of the molecule is C[C@]1(C(N)=O)COc2c1cc(C(O)(CNC(=O)c1cc(F)c3nn(C(F)F)cc3c1)C1CC1)nc2-c1ccc(F)c(Cl)c1F. The molecule has 2 aliphatic rings. The molecule has 1 saturated carbocycles. The van der Waals surface area contributed by atoms with E-state index in [9.17, 15) is 32.3 Å². The zero-order valence-corrected chi connectivity index (χ0v) is 23.6. The number of nitrogens with two attached hydrogens (primary N) is 1. The Hall–Kier alpha value is -4.30. The van der Waals surface area contributed by atoms with Gasteiger partial charge in [0.05, 0.1) is 12.2 Å². The summed E-state index contributed by atoms with van der Waals surface area (Å²) >= 11 is 5.83. The lowest BCUT2D eigenvalue weighted by atomic mass is 9.81. The number of hydrogen-bond acceptors (Lipinski definition) is 6. The van der Waals surface area contributed by atoms with Crippen molar-refractivity contribution < 1.29 is 41.4 Å². The predicted octanol–water partition coefficient (Wildman–Crippen LogP) is 4.73. The number of carbonyl (C=O) groups is 2. The van der Waals surface area contributed by atoms with Gasteiger partial charge < -0.3 is 20.9 Å². The maximum atomic E-state index is 15.2. The van der Waals surface area contributed by atoms with Crippen LogP contribution in [0.4, 0.5) is 22.0 Å². The van der Waals surface area contributed by atoms with Crippen molar-refractivity contribution in [1.82, 2.24) is 20.1 Å². The molecule has 0 bridgehead atoms. The van der Waals surface area contributed by atoms with Crippen LogP contribution in [-0.2, 0) is 15.8 Å². The van der Waals surface area contributed by atoms with Gasteiger partial charge in [0.15, 0.2) is 11.6 Å². The van der Waals surface area contributed by atoms with E-state index in [-0.39, 0.29) is 56.0 Å². The molecule has 4 aromatic rings. The van der Waals surface area contributed by atoms with Gasteiger partial charge in [-0.1, -0.05) is 11.6 Å². The first kappa shape index (κ1) is 29.8. The summed E-state index contributed by atoms with van der Waals surface area (Å²) in [6.45, 7) is -2.19. The first-order valence-electron chi connectivity index (χ1n) is 13.3. The topological polar surface area (TPSA) is 132 Å². The number of nitrogens with zero attached hydrogens (tertiary/aromatic N) is 3. The van der Waals surface area contributed by atoms with Gasteiger partial charge in [0, 0.05) is 28.3 Å². The summed E-state index contributed by atoms with van der Waals surface area (Å²) in [7, 11) is 0. The Bertz CT molecular complexity index is 1870. The summed E-state index contributed by atoms with van der Waals surface area (Å²) in [5.41, 5.74) is 1.52. The maximum Gasteiger partial charge on any atom is 0.333 e. The molecule has 2 aromatic carbocycles. The van der Waals surface area contributed by atoms with Crippen LogP contribution in [0.5, 0.6) is 5.75 Å². The number of aliphatic hydroxyl groups is 1. The molecule has 15 heteroatoms. The van der Waals surface area contributed by atoms with Crippen LogP contribution in [-0.4, -0.2) is 44.8 Å². The minimum Gasteiger partial charge on any atom is -0.489 e. The number of hydrogen-bond donors (Lipinski definition) is 3. The molecule has 1 unspecified atom stereocenters. The molecule has 2 amide bonds. The van der Waals surface area contributed by atoms with Crippen molar-refractivity contribution in [2.45, 2.75) is 37.3 Å². The molecule has 6 rings (SSSR count). The van der Waals surface area contributed by atoms with E-state index in [0.717, 1.165) is 24.4 Å². The Kier molecular flexibility index (Phi) is 7.04. The second-order valence-corrected chi connectivity index (χ2v) is 11.5. The number of primary amides is 1. The van der Waals surface area contributed by atoms with Gasteiger partial charge in [-0.05, 0) is 56.0 Å². The van der Waals surface area contributed by atoms with Crippen LogP contribution in [0, 0.1) is 23.4 Å². The summed E-state index contributed by atoms with van der Waals surface area (Å²) in [6.07, 6.45) is 1.94. The molecule has 0 radical (unpaired) electrons. The fourth-order valence-electron chi connectivity index (χ4n) is 5.36. The van der Waals surface area contributed by atoms with Gasteiger partial charge in [0.1, 0.15) is 45.4 Å². The summed E-state index contributed by atoms with van der Waals surface area (Å²) in [5.74, 6) is -5.21. The van der Waals surface area contributed by atoms with Gasteiger partial charge in [-0.25, -0.2) is 22.8 Å². The molecule has 3 heterocycles. The van der Waals surface area contributed by atoms with Gasteiger partial charge in [-0.15, -0.1) is 0 Å². The number of pyridine rings is 1. The molecule has 230 valence electrons. The Balaban J connectivity index is 1.41. The molecule has 0 saturated heterocycles. The number of amides is 2. The van der Waals surface area contributed by atoms with Crippen LogP contribution in [0.15, 0.2) is 36.5 Å². The highest BCUT2D eigenvalue weighted by Gasteiger charge is 2.50. The average Bonchev–Trinajstić information content (AvgIpc) is 3.66. The fourth-order valence-corrected chi connectivity index (χ4v) is 5.53. The van der Waals surface area contributed by atoms with Crippen molar-refractivity contribution in [3.63, 3.8) is 0 Å². The van der Waals surface area contributed by atoms with Crippen molar-refractivity contribution >= 4 is 34.3 Å². The molecular formula is C29H23ClF5N5O4. The number of alkyl halides is 2. The molecular weight excluding hydrogens is 613 g/mol. The Morgan fingerprint density at radius 2 is 1.95 bits per heavy atom. The Morgan fingerprint density at radius 1 is 1.23 bits per heavy atom. The average molecular weight is 636 g/mol. The zero-order chi connectivity index (χ0) is 31.7. The molecule has 1 fully saturated rings. The van der Waals surface area contributed by atoms with E-state index < -0.39 is 64.3 Å². The number of carbonyl (C=O) groups excluding carboxylic acids is 2. The predicted molar refractivity (Wildman–Crippen MR) is 147 cm³/mol. The largest absolute Gasteiger partial charge is 0.489 e. The van der Waals surface area contributed by atoms with Crippen molar-refractivity contribution in [1.29, 1.82) is 0 Å². The summed E-state index contributed by atoms with van der Waals surface area (Å²) in [4.78, 5) is 30.1. The van der Waals surface area contributed by atoms with Crippen LogP contribution < -0.4 is 15.8 Å². The standard InChI is InChI=1S/C29H23ClF5N5O4/c1-28(26(36)42)11-44-24-16(28)8-19(38-23(24)15-4-5-17(31)20(30)21(15)33)29(43,14-2-3-14)10-37-25(41)12-6-13-9-40(27(34)35)39-22(13)18(32)7-12/h4-9,14,27,43H,2-3,10-11H2,1H3,(H2,36,42)(H,37,41)/t28-,29?/m0/s1. The lowest BCUT2D eigenvalue weighted by Crippen LogP contribution is -2.44. The lowest BCUT2D eigenvalue weighted by molar-refractivity contribution is -0.123. The second-order valence-electron chi connectivity index (χ2n) is 11.1. The van der Waals surface area contributed by atoms with Gasteiger partial charge in [-0.2, -0.15) is 13.9 Å². The highest BCUT2D eigenvalue weighted by atomic mass is 35.5. The third kappa shape index (κ3) is 4.72. The van der Waals surface area contributed by atoms with E-state index in [2.05, 4.69) is 15.4 Å². The Labute approximate surface area is 250 Å². The molecule has 1 aliphatic carbocycles. The van der Waals surface area contributed by atoms with Crippen molar-refractivity contribution in [2.24, 2.45) is 11.7 Å². The number of ether oxygens (including phenoxy) is 1. The second kappa shape index (κ2) is 10.4. The van der Waals surface area contributed by atoms with Crippen LogP contribution >= 0.6 is 11.6 Å². The van der Waals surface area contributed by atoms with E-state index in [1.165, 1.54) is 19.1 Å². The minimum atomic E-state index is -3.02. The third-order valence-electron chi connectivity index (χ3n) is 8.16. The van der Waals surface area contributed by atoms with E-state index in [1.54, 1.807) is 0 Å². The van der Waals surface area contributed by atoms with Crippen molar-refractivity contribution in [3.05, 3.63) is 75.8 Å².